The number of carbonyl (C=O) groups is 1. The number of amides is 1. The molecule has 0 saturated carbocycles. The number of nitrogens with zero attached hydrogens (tertiary/aromatic N) is 1. The maximum absolute atomic E-state index is 12.4. The van der Waals surface area contributed by atoms with Crippen LogP contribution in [0.1, 0.15) is 36.2 Å². The van der Waals surface area contributed by atoms with E-state index in [4.69, 9.17) is 5.73 Å². The van der Waals surface area contributed by atoms with Crippen LogP contribution in [-0.4, -0.2) is 10.9 Å². The molecule has 0 aliphatic rings. The van der Waals surface area contributed by atoms with Gasteiger partial charge in [0.1, 0.15) is 10.5 Å². The molecule has 0 spiro atoms. The summed E-state index contributed by atoms with van der Waals surface area (Å²) < 4.78 is 0. The first-order valence-corrected chi connectivity index (χ1v) is 7.36. The SMILES string of the molecule is Cc1csc(C(C)NC(=O)C(C)(N)c2ccccc2)n1. The van der Waals surface area contributed by atoms with Gasteiger partial charge in [-0.15, -0.1) is 11.3 Å². The average molecular weight is 289 g/mol. The molecule has 2 atom stereocenters. The van der Waals surface area contributed by atoms with Crippen molar-refractivity contribution in [1.29, 1.82) is 0 Å². The molecule has 0 aliphatic carbocycles. The quantitative estimate of drug-likeness (QED) is 0.908. The number of carbonyl (C=O) groups excluding carboxylic acids is 1. The van der Waals surface area contributed by atoms with E-state index < -0.39 is 5.54 Å². The van der Waals surface area contributed by atoms with Crippen LogP contribution in [0.4, 0.5) is 0 Å². The lowest BCUT2D eigenvalue weighted by atomic mass is 9.92. The second kappa shape index (κ2) is 5.73. The van der Waals surface area contributed by atoms with E-state index in [0.29, 0.717) is 0 Å². The number of thiazole rings is 1. The molecule has 0 aliphatic heterocycles. The van der Waals surface area contributed by atoms with Gasteiger partial charge in [0.05, 0.1) is 6.04 Å². The summed E-state index contributed by atoms with van der Waals surface area (Å²) in [6, 6.07) is 9.23. The first-order valence-electron chi connectivity index (χ1n) is 6.48. The molecule has 1 aromatic heterocycles. The zero-order chi connectivity index (χ0) is 14.8. The Morgan fingerprint density at radius 3 is 2.60 bits per heavy atom. The molecule has 0 fully saturated rings. The smallest absolute Gasteiger partial charge is 0.244 e. The number of hydrogen-bond donors (Lipinski definition) is 2. The lowest BCUT2D eigenvalue weighted by molar-refractivity contribution is -0.126. The van der Waals surface area contributed by atoms with E-state index in [1.54, 1.807) is 6.92 Å². The molecule has 5 heteroatoms. The summed E-state index contributed by atoms with van der Waals surface area (Å²) in [6.45, 7) is 5.57. The second-order valence-electron chi connectivity index (χ2n) is 5.09. The third-order valence-electron chi connectivity index (χ3n) is 3.20. The van der Waals surface area contributed by atoms with Gasteiger partial charge < -0.3 is 11.1 Å². The third-order valence-corrected chi connectivity index (χ3v) is 4.35. The standard InChI is InChI=1S/C15H19N3OS/c1-10-9-20-13(17-10)11(2)18-14(19)15(3,16)12-7-5-4-6-8-12/h4-9,11H,16H2,1-3H3,(H,18,19). The molecule has 1 amide bonds. The highest BCUT2D eigenvalue weighted by molar-refractivity contribution is 7.09. The van der Waals surface area contributed by atoms with Gasteiger partial charge in [-0.05, 0) is 26.3 Å². The van der Waals surface area contributed by atoms with Crippen LogP contribution in [-0.2, 0) is 10.3 Å². The van der Waals surface area contributed by atoms with Gasteiger partial charge in [-0.3, -0.25) is 4.79 Å². The molecular weight excluding hydrogens is 270 g/mol. The van der Waals surface area contributed by atoms with Crippen LogP contribution in [0.25, 0.3) is 0 Å². The molecule has 2 rings (SSSR count). The Morgan fingerprint density at radius 2 is 2.05 bits per heavy atom. The predicted molar refractivity (Wildman–Crippen MR) is 81.4 cm³/mol. The first kappa shape index (κ1) is 14.7. The summed E-state index contributed by atoms with van der Waals surface area (Å²) in [5, 5.41) is 5.79. The summed E-state index contributed by atoms with van der Waals surface area (Å²) in [4.78, 5) is 16.8. The van der Waals surface area contributed by atoms with E-state index in [0.717, 1.165) is 16.3 Å². The van der Waals surface area contributed by atoms with Crippen LogP contribution in [0.15, 0.2) is 35.7 Å². The van der Waals surface area contributed by atoms with Gasteiger partial charge in [0.2, 0.25) is 5.91 Å². The maximum Gasteiger partial charge on any atom is 0.244 e. The molecule has 0 saturated heterocycles. The Bertz CT molecular complexity index is 592. The third kappa shape index (κ3) is 3.05. The van der Waals surface area contributed by atoms with Crippen LogP contribution >= 0.6 is 11.3 Å². The van der Waals surface area contributed by atoms with Crippen LogP contribution in [0.3, 0.4) is 0 Å². The van der Waals surface area contributed by atoms with E-state index in [1.165, 1.54) is 11.3 Å². The number of rotatable bonds is 4. The fraction of sp³-hybridized carbons (Fsp3) is 0.333. The van der Waals surface area contributed by atoms with Crippen molar-refractivity contribution >= 4 is 17.2 Å². The Labute approximate surface area is 123 Å². The number of aryl methyl sites for hydroxylation is 1. The van der Waals surface area contributed by atoms with E-state index in [-0.39, 0.29) is 11.9 Å². The van der Waals surface area contributed by atoms with E-state index in [9.17, 15) is 4.79 Å². The number of hydrogen-bond acceptors (Lipinski definition) is 4. The normalized spacial score (nSPS) is 15.4. The molecule has 2 unspecified atom stereocenters. The van der Waals surface area contributed by atoms with E-state index in [1.807, 2.05) is 49.6 Å². The topological polar surface area (TPSA) is 68.0 Å². The maximum atomic E-state index is 12.4. The molecule has 106 valence electrons. The molecule has 0 bridgehead atoms. The minimum atomic E-state index is -1.05. The summed E-state index contributed by atoms with van der Waals surface area (Å²) in [6.07, 6.45) is 0. The average Bonchev–Trinajstić information content (AvgIpc) is 2.86. The molecule has 4 nitrogen and oxygen atoms in total. The monoisotopic (exact) mass is 289 g/mol. The minimum absolute atomic E-state index is 0.146. The predicted octanol–water partition coefficient (Wildman–Crippen LogP) is 2.50. The number of benzene rings is 1. The van der Waals surface area contributed by atoms with Crippen molar-refractivity contribution in [1.82, 2.24) is 10.3 Å². The number of nitrogens with one attached hydrogen (secondary N) is 1. The summed E-state index contributed by atoms with van der Waals surface area (Å²) in [5.74, 6) is -0.205. The van der Waals surface area contributed by atoms with E-state index in [2.05, 4.69) is 10.3 Å². The summed E-state index contributed by atoms with van der Waals surface area (Å²) in [7, 11) is 0. The van der Waals surface area contributed by atoms with Gasteiger partial charge in [-0.1, -0.05) is 30.3 Å². The number of aromatic nitrogens is 1. The van der Waals surface area contributed by atoms with Crippen molar-refractivity contribution in [3.63, 3.8) is 0 Å². The van der Waals surface area contributed by atoms with Gasteiger partial charge in [0.25, 0.3) is 0 Å². The Kier molecular flexibility index (Phi) is 4.20. The zero-order valence-corrected chi connectivity index (χ0v) is 12.7. The summed E-state index contributed by atoms with van der Waals surface area (Å²) in [5.41, 5.74) is 6.88. The lowest BCUT2D eigenvalue weighted by Crippen LogP contribution is -2.49. The van der Waals surface area contributed by atoms with Gasteiger partial charge in [0, 0.05) is 11.1 Å². The van der Waals surface area contributed by atoms with Gasteiger partial charge in [-0.2, -0.15) is 0 Å². The van der Waals surface area contributed by atoms with Gasteiger partial charge in [0.15, 0.2) is 0 Å². The van der Waals surface area contributed by atoms with Gasteiger partial charge in [-0.25, -0.2) is 4.98 Å². The fourth-order valence-electron chi connectivity index (χ4n) is 1.89. The molecule has 1 aromatic carbocycles. The lowest BCUT2D eigenvalue weighted by Gasteiger charge is -2.25. The summed E-state index contributed by atoms with van der Waals surface area (Å²) >= 11 is 1.54. The molecule has 0 radical (unpaired) electrons. The zero-order valence-electron chi connectivity index (χ0n) is 11.9. The van der Waals surface area contributed by atoms with Crippen LogP contribution < -0.4 is 11.1 Å². The molecule has 2 aromatic rings. The van der Waals surface area contributed by atoms with Gasteiger partial charge >= 0.3 is 0 Å². The molecule has 20 heavy (non-hydrogen) atoms. The highest BCUT2D eigenvalue weighted by Gasteiger charge is 2.31. The van der Waals surface area contributed by atoms with Crippen molar-refractivity contribution in [2.75, 3.05) is 0 Å². The van der Waals surface area contributed by atoms with Crippen molar-refractivity contribution in [2.45, 2.75) is 32.4 Å². The van der Waals surface area contributed by atoms with Crippen LogP contribution in [0.2, 0.25) is 0 Å². The van der Waals surface area contributed by atoms with Crippen molar-refractivity contribution < 1.29 is 4.79 Å². The fourth-order valence-corrected chi connectivity index (χ4v) is 2.70. The second-order valence-corrected chi connectivity index (χ2v) is 5.98. The Hall–Kier alpha value is -1.72. The molecule has 3 N–H and O–H groups in total. The number of nitrogens with two attached hydrogens (primary N) is 1. The van der Waals surface area contributed by atoms with Crippen molar-refractivity contribution in [2.24, 2.45) is 5.73 Å². The minimum Gasteiger partial charge on any atom is -0.345 e. The Morgan fingerprint density at radius 1 is 1.40 bits per heavy atom. The van der Waals surface area contributed by atoms with Crippen LogP contribution in [0.5, 0.6) is 0 Å². The van der Waals surface area contributed by atoms with Crippen molar-refractivity contribution in [3.05, 3.63) is 52.0 Å². The highest BCUT2D eigenvalue weighted by Crippen LogP contribution is 2.21. The Balaban J connectivity index is 2.11. The molecule has 1 heterocycles. The largest absolute Gasteiger partial charge is 0.345 e. The first-order chi connectivity index (χ1) is 9.41. The van der Waals surface area contributed by atoms with E-state index >= 15 is 0 Å². The van der Waals surface area contributed by atoms with Crippen LogP contribution in [0, 0.1) is 6.92 Å². The highest BCUT2D eigenvalue weighted by atomic mass is 32.1. The molecular formula is C15H19N3OS. The van der Waals surface area contributed by atoms with Crippen molar-refractivity contribution in [3.8, 4) is 0 Å².